The van der Waals surface area contributed by atoms with Gasteiger partial charge in [-0.25, -0.2) is 0 Å². The number of rotatable bonds is 6. The highest BCUT2D eigenvalue weighted by Crippen LogP contribution is 2.17. The number of aliphatic hydroxyl groups excluding tert-OH is 1. The zero-order valence-electron chi connectivity index (χ0n) is 12.3. The van der Waals surface area contributed by atoms with Crippen LogP contribution in [-0.4, -0.2) is 54.7 Å². The van der Waals surface area contributed by atoms with Gasteiger partial charge in [-0.1, -0.05) is 11.8 Å². The van der Waals surface area contributed by atoms with E-state index in [-0.39, 0.29) is 6.61 Å². The van der Waals surface area contributed by atoms with Crippen molar-refractivity contribution in [2.45, 2.75) is 25.8 Å². The average Bonchev–Trinajstić information content (AvgIpc) is 3.08. The van der Waals surface area contributed by atoms with Gasteiger partial charge in [-0.2, -0.15) is 0 Å². The molecule has 0 spiro atoms. The molecule has 1 saturated heterocycles. The predicted octanol–water partition coefficient (Wildman–Crippen LogP) is 2.01. The molecule has 110 valence electrons. The van der Waals surface area contributed by atoms with Crippen molar-refractivity contribution in [2.24, 2.45) is 0 Å². The molecule has 1 aliphatic heterocycles. The summed E-state index contributed by atoms with van der Waals surface area (Å²) in [5.74, 6) is 6.07. The van der Waals surface area contributed by atoms with Crippen LogP contribution in [-0.2, 0) is 6.54 Å². The first kappa shape index (κ1) is 15.5. The molecule has 0 amide bonds. The van der Waals surface area contributed by atoms with E-state index >= 15 is 0 Å². The first-order valence-corrected chi connectivity index (χ1v) is 8.19. The SMILES string of the molecule is CN(CCN1CCCC1)Cc1ccc(C#CCCO)s1. The topological polar surface area (TPSA) is 26.7 Å². The van der Waals surface area contributed by atoms with Crippen LogP contribution in [0.25, 0.3) is 0 Å². The summed E-state index contributed by atoms with van der Waals surface area (Å²) in [4.78, 5) is 7.40. The molecule has 20 heavy (non-hydrogen) atoms. The first-order chi connectivity index (χ1) is 9.78. The van der Waals surface area contributed by atoms with E-state index in [0.717, 1.165) is 18.0 Å². The second-order valence-corrected chi connectivity index (χ2v) is 6.50. The highest BCUT2D eigenvalue weighted by atomic mass is 32.1. The van der Waals surface area contributed by atoms with Crippen molar-refractivity contribution >= 4 is 11.3 Å². The molecule has 0 saturated carbocycles. The molecule has 0 unspecified atom stereocenters. The zero-order valence-corrected chi connectivity index (χ0v) is 13.1. The number of hydrogen-bond donors (Lipinski definition) is 1. The maximum absolute atomic E-state index is 8.71. The van der Waals surface area contributed by atoms with E-state index in [2.05, 4.69) is 40.8 Å². The standard InChI is InChI=1S/C16H24N2OS/c1-17(11-12-18-9-3-4-10-18)14-16-8-7-15(20-16)6-2-5-13-19/h7-8,19H,3-5,9-14H2,1H3. The molecule has 2 heterocycles. The molecule has 1 aromatic heterocycles. The average molecular weight is 292 g/mol. The summed E-state index contributed by atoms with van der Waals surface area (Å²) in [6.45, 7) is 6.01. The third-order valence-corrected chi connectivity index (χ3v) is 4.52. The van der Waals surface area contributed by atoms with Crippen molar-refractivity contribution in [2.75, 3.05) is 39.8 Å². The minimum absolute atomic E-state index is 0.143. The maximum Gasteiger partial charge on any atom is 0.0771 e. The van der Waals surface area contributed by atoms with Gasteiger partial charge in [-0.05, 0) is 45.1 Å². The molecule has 4 heteroatoms. The smallest absolute Gasteiger partial charge is 0.0771 e. The lowest BCUT2D eigenvalue weighted by atomic mass is 10.3. The van der Waals surface area contributed by atoms with E-state index < -0.39 is 0 Å². The van der Waals surface area contributed by atoms with Crippen LogP contribution in [0.1, 0.15) is 29.0 Å². The van der Waals surface area contributed by atoms with Crippen LogP contribution in [0, 0.1) is 11.8 Å². The van der Waals surface area contributed by atoms with Crippen molar-refractivity contribution < 1.29 is 5.11 Å². The van der Waals surface area contributed by atoms with Crippen molar-refractivity contribution in [1.82, 2.24) is 9.80 Å². The van der Waals surface area contributed by atoms with Gasteiger partial charge in [-0.15, -0.1) is 11.3 Å². The molecular weight excluding hydrogens is 268 g/mol. The van der Waals surface area contributed by atoms with Crippen molar-refractivity contribution in [1.29, 1.82) is 0 Å². The Kier molecular flexibility index (Phi) is 6.55. The van der Waals surface area contributed by atoms with Gasteiger partial charge in [0.2, 0.25) is 0 Å². The Morgan fingerprint density at radius 2 is 2.15 bits per heavy atom. The quantitative estimate of drug-likeness (QED) is 0.813. The molecule has 0 aromatic carbocycles. The van der Waals surface area contributed by atoms with Gasteiger partial charge in [0.1, 0.15) is 0 Å². The number of nitrogens with zero attached hydrogens (tertiary/aromatic N) is 2. The molecule has 2 rings (SSSR count). The Morgan fingerprint density at radius 1 is 1.35 bits per heavy atom. The lowest BCUT2D eigenvalue weighted by Gasteiger charge is -2.20. The van der Waals surface area contributed by atoms with Gasteiger partial charge in [-0.3, -0.25) is 0 Å². The highest BCUT2D eigenvalue weighted by Gasteiger charge is 2.12. The van der Waals surface area contributed by atoms with Gasteiger partial charge in [0.25, 0.3) is 0 Å². The Morgan fingerprint density at radius 3 is 2.90 bits per heavy atom. The molecular formula is C16H24N2OS. The summed E-state index contributed by atoms with van der Waals surface area (Å²) >= 11 is 1.76. The summed E-state index contributed by atoms with van der Waals surface area (Å²) in [5.41, 5.74) is 0. The van der Waals surface area contributed by atoms with E-state index in [1.165, 1.54) is 37.4 Å². The fraction of sp³-hybridized carbons (Fsp3) is 0.625. The number of likely N-dealkylation sites (tertiary alicyclic amines) is 1. The number of hydrogen-bond acceptors (Lipinski definition) is 4. The fourth-order valence-corrected chi connectivity index (χ4v) is 3.36. The number of aliphatic hydroxyl groups is 1. The molecule has 1 aromatic rings. The Labute approximate surface area is 126 Å². The molecule has 3 nitrogen and oxygen atoms in total. The number of likely N-dealkylation sites (N-methyl/N-ethyl adjacent to an activating group) is 1. The second kappa shape index (κ2) is 8.43. The van der Waals surface area contributed by atoms with Crippen LogP contribution in [0.15, 0.2) is 12.1 Å². The van der Waals surface area contributed by atoms with E-state index in [4.69, 9.17) is 5.11 Å². The molecule has 1 aliphatic rings. The minimum atomic E-state index is 0.143. The van der Waals surface area contributed by atoms with E-state index in [1.807, 2.05) is 0 Å². The molecule has 0 aliphatic carbocycles. The van der Waals surface area contributed by atoms with Gasteiger partial charge in [0.05, 0.1) is 11.5 Å². The van der Waals surface area contributed by atoms with Gasteiger partial charge in [0, 0.05) is 30.9 Å². The Hall–Kier alpha value is -0.860. The van der Waals surface area contributed by atoms with E-state index in [0.29, 0.717) is 6.42 Å². The lowest BCUT2D eigenvalue weighted by molar-refractivity contribution is 0.253. The summed E-state index contributed by atoms with van der Waals surface area (Å²) in [6.07, 6.45) is 3.29. The van der Waals surface area contributed by atoms with E-state index in [9.17, 15) is 0 Å². The van der Waals surface area contributed by atoms with Gasteiger partial charge >= 0.3 is 0 Å². The first-order valence-electron chi connectivity index (χ1n) is 7.37. The second-order valence-electron chi connectivity index (χ2n) is 5.33. The van der Waals surface area contributed by atoms with Gasteiger partial charge < -0.3 is 14.9 Å². The van der Waals surface area contributed by atoms with Crippen LogP contribution < -0.4 is 0 Å². The largest absolute Gasteiger partial charge is 0.395 e. The lowest BCUT2D eigenvalue weighted by Crippen LogP contribution is -2.30. The molecule has 0 radical (unpaired) electrons. The van der Waals surface area contributed by atoms with Crippen LogP contribution >= 0.6 is 11.3 Å². The van der Waals surface area contributed by atoms with Crippen molar-refractivity contribution in [3.63, 3.8) is 0 Å². The monoisotopic (exact) mass is 292 g/mol. The number of thiophene rings is 1. The molecule has 1 N–H and O–H groups in total. The van der Waals surface area contributed by atoms with Crippen molar-refractivity contribution in [3.8, 4) is 11.8 Å². The minimum Gasteiger partial charge on any atom is -0.395 e. The van der Waals surface area contributed by atoms with Gasteiger partial charge in [0.15, 0.2) is 0 Å². The van der Waals surface area contributed by atoms with Crippen molar-refractivity contribution in [3.05, 3.63) is 21.9 Å². The van der Waals surface area contributed by atoms with Crippen LogP contribution in [0.5, 0.6) is 0 Å². The van der Waals surface area contributed by atoms with Crippen LogP contribution in [0.3, 0.4) is 0 Å². The third kappa shape index (κ3) is 5.26. The summed E-state index contributed by atoms with van der Waals surface area (Å²) in [6, 6.07) is 4.25. The molecule has 0 atom stereocenters. The highest BCUT2D eigenvalue weighted by molar-refractivity contribution is 7.12. The Bertz CT molecular complexity index is 455. The maximum atomic E-state index is 8.71. The van der Waals surface area contributed by atoms with Crippen LogP contribution in [0.4, 0.5) is 0 Å². The normalized spacial score (nSPS) is 15.6. The Balaban J connectivity index is 1.73. The third-order valence-electron chi connectivity index (χ3n) is 3.53. The zero-order chi connectivity index (χ0) is 14.2. The predicted molar refractivity (Wildman–Crippen MR) is 84.9 cm³/mol. The summed E-state index contributed by atoms with van der Waals surface area (Å²) < 4.78 is 0. The fourth-order valence-electron chi connectivity index (χ4n) is 2.40. The molecule has 0 bridgehead atoms. The summed E-state index contributed by atoms with van der Waals surface area (Å²) in [7, 11) is 2.19. The molecule has 1 fully saturated rings. The van der Waals surface area contributed by atoms with E-state index in [1.54, 1.807) is 11.3 Å². The van der Waals surface area contributed by atoms with Crippen LogP contribution in [0.2, 0.25) is 0 Å². The summed E-state index contributed by atoms with van der Waals surface area (Å²) in [5, 5.41) is 8.71.